The number of hydrogen-bond acceptors (Lipinski definition) is 3. The zero-order valence-electron chi connectivity index (χ0n) is 18.8. The van der Waals surface area contributed by atoms with Crippen molar-refractivity contribution in [3.8, 4) is 0 Å². The Morgan fingerprint density at radius 2 is 1.81 bits per heavy atom. The third-order valence-electron chi connectivity index (χ3n) is 6.12. The van der Waals surface area contributed by atoms with Gasteiger partial charge >= 0.3 is 0 Å². The maximum atomic E-state index is 12.6. The minimum absolute atomic E-state index is 0.00668. The molecular formula is C26H35N3O2. The van der Waals surface area contributed by atoms with Crippen molar-refractivity contribution in [2.75, 3.05) is 37.6 Å². The second-order valence-electron chi connectivity index (χ2n) is 8.35. The SMILES string of the molecule is CCN(CCNC(=O)C1CCN(C(=O)CCc2ccccc2)CC1)c1cccc(C)c1. The number of anilines is 1. The number of nitrogens with zero attached hydrogens (tertiary/aromatic N) is 2. The molecule has 0 aliphatic carbocycles. The van der Waals surface area contributed by atoms with E-state index >= 15 is 0 Å². The number of benzene rings is 2. The molecule has 1 heterocycles. The van der Waals surface area contributed by atoms with Crippen LogP contribution in [-0.2, 0) is 16.0 Å². The summed E-state index contributed by atoms with van der Waals surface area (Å²) in [5.74, 6) is 0.323. The van der Waals surface area contributed by atoms with Gasteiger partial charge in [-0.05, 0) is 56.4 Å². The molecule has 1 fully saturated rings. The number of hydrogen-bond donors (Lipinski definition) is 1. The van der Waals surface area contributed by atoms with Gasteiger partial charge in [0.05, 0.1) is 0 Å². The van der Waals surface area contributed by atoms with Gasteiger partial charge < -0.3 is 15.1 Å². The van der Waals surface area contributed by atoms with Gasteiger partial charge in [0.15, 0.2) is 0 Å². The Morgan fingerprint density at radius 1 is 1.06 bits per heavy atom. The van der Waals surface area contributed by atoms with Crippen molar-refractivity contribution in [1.82, 2.24) is 10.2 Å². The van der Waals surface area contributed by atoms with Crippen molar-refractivity contribution in [2.24, 2.45) is 5.92 Å². The van der Waals surface area contributed by atoms with Crippen molar-refractivity contribution < 1.29 is 9.59 Å². The molecule has 3 rings (SSSR count). The van der Waals surface area contributed by atoms with Crippen molar-refractivity contribution in [3.05, 3.63) is 65.7 Å². The van der Waals surface area contributed by atoms with E-state index < -0.39 is 0 Å². The van der Waals surface area contributed by atoms with Crippen LogP contribution >= 0.6 is 0 Å². The van der Waals surface area contributed by atoms with Gasteiger partial charge in [0.1, 0.15) is 0 Å². The van der Waals surface area contributed by atoms with Crippen LogP contribution in [0.2, 0.25) is 0 Å². The van der Waals surface area contributed by atoms with Gasteiger partial charge in [-0.2, -0.15) is 0 Å². The molecule has 31 heavy (non-hydrogen) atoms. The standard InChI is InChI=1S/C26H35N3O2/c1-3-28(24-11-7-8-21(2)20-24)19-16-27-26(31)23-14-17-29(18-15-23)25(30)13-12-22-9-5-4-6-10-22/h4-11,20,23H,3,12-19H2,1-2H3,(H,27,31). The summed E-state index contributed by atoms with van der Waals surface area (Å²) in [5.41, 5.74) is 3.63. The summed E-state index contributed by atoms with van der Waals surface area (Å²) in [6.07, 6.45) is 2.80. The molecule has 1 aliphatic rings. The van der Waals surface area contributed by atoms with Crippen molar-refractivity contribution in [2.45, 2.75) is 39.5 Å². The van der Waals surface area contributed by atoms with Crippen molar-refractivity contribution in [3.63, 3.8) is 0 Å². The number of piperidine rings is 1. The Labute approximate surface area is 186 Å². The number of carbonyl (C=O) groups excluding carboxylic acids is 2. The lowest BCUT2D eigenvalue weighted by Crippen LogP contribution is -2.44. The van der Waals surface area contributed by atoms with Gasteiger partial charge in [-0.25, -0.2) is 0 Å². The normalized spacial score (nSPS) is 14.3. The summed E-state index contributed by atoms with van der Waals surface area (Å²) in [6.45, 7) is 7.92. The van der Waals surface area contributed by atoms with Crippen LogP contribution in [0.25, 0.3) is 0 Å². The highest BCUT2D eigenvalue weighted by Gasteiger charge is 2.27. The first kappa shape index (κ1) is 22.9. The van der Waals surface area contributed by atoms with E-state index in [4.69, 9.17) is 0 Å². The molecule has 1 N–H and O–H groups in total. The van der Waals surface area contributed by atoms with Crippen LogP contribution in [0.4, 0.5) is 5.69 Å². The molecule has 2 aromatic rings. The highest BCUT2D eigenvalue weighted by molar-refractivity contribution is 5.80. The smallest absolute Gasteiger partial charge is 0.223 e. The maximum absolute atomic E-state index is 12.6. The summed E-state index contributed by atoms with van der Waals surface area (Å²) in [4.78, 5) is 29.3. The molecule has 0 aromatic heterocycles. The van der Waals surface area contributed by atoms with E-state index in [9.17, 15) is 9.59 Å². The van der Waals surface area contributed by atoms with E-state index in [0.717, 1.165) is 32.4 Å². The molecule has 0 spiro atoms. The molecule has 0 radical (unpaired) electrons. The summed E-state index contributed by atoms with van der Waals surface area (Å²) < 4.78 is 0. The molecule has 1 aliphatic heterocycles. The Kier molecular flexibility index (Phi) is 8.51. The van der Waals surface area contributed by atoms with Gasteiger partial charge in [-0.1, -0.05) is 42.5 Å². The molecule has 0 saturated carbocycles. The zero-order chi connectivity index (χ0) is 22.1. The van der Waals surface area contributed by atoms with Crippen molar-refractivity contribution >= 4 is 17.5 Å². The second kappa shape index (κ2) is 11.5. The molecule has 1 saturated heterocycles. The Hall–Kier alpha value is -2.82. The summed E-state index contributed by atoms with van der Waals surface area (Å²) in [6, 6.07) is 18.6. The predicted octanol–water partition coefficient (Wildman–Crippen LogP) is 3.81. The minimum Gasteiger partial charge on any atom is -0.370 e. The van der Waals surface area contributed by atoms with E-state index in [1.165, 1.54) is 16.8 Å². The Balaban J connectivity index is 1.37. The second-order valence-corrected chi connectivity index (χ2v) is 8.35. The Bertz CT molecular complexity index is 845. The van der Waals surface area contributed by atoms with Crippen molar-refractivity contribution in [1.29, 1.82) is 0 Å². The number of carbonyl (C=O) groups is 2. The van der Waals surface area contributed by atoms with E-state index in [0.29, 0.717) is 26.1 Å². The first-order valence-electron chi connectivity index (χ1n) is 11.5. The van der Waals surface area contributed by atoms with E-state index in [1.54, 1.807) is 0 Å². The van der Waals surface area contributed by atoms with Gasteiger partial charge in [0.2, 0.25) is 11.8 Å². The highest BCUT2D eigenvalue weighted by atomic mass is 16.2. The molecule has 2 aromatic carbocycles. The van der Waals surface area contributed by atoms with Crippen LogP contribution in [0.1, 0.15) is 37.3 Å². The lowest BCUT2D eigenvalue weighted by atomic mass is 9.95. The predicted molar refractivity (Wildman–Crippen MR) is 126 cm³/mol. The van der Waals surface area contributed by atoms with Crippen LogP contribution in [-0.4, -0.2) is 49.4 Å². The Morgan fingerprint density at radius 3 is 2.48 bits per heavy atom. The fraction of sp³-hybridized carbons (Fsp3) is 0.462. The van der Waals surface area contributed by atoms with E-state index in [-0.39, 0.29) is 17.7 Å². The van der Waals surface area contributed by atoms with Crippen LogP contribution in [0.15, 0.2) is 54.6 Å². The summed E-state index contributed by atoms with van der Waals surface area (Å²) >= 11 is 0. The van der Waals surface area contributed by atoms with Crippen LogP contribution in [0.3, 0.4) is 0 Å². The van der Waals surface area contributed by atoms with Gasteiger partial charge in [-0.3, -0.25) is 9.59 Å². The lowest BCUT2D eigenvalue weighted by Gasteiger charge is -2.31. The van der Waals surface area contributed by atoms with Gasteiger partial charge in [0.25, 0.3) is 0 Å². The molecule has 5 nitrogen and oxygen atoms in total. The van der Waals surface area contributed by atoms with Crippen LogP contribution in [0.5, 0.6) is 0 Å². The molecular weight excluding hydrogens is 386 g/mol. The third-order valence-corrected chi connectivity index (χ3v) is 6.12. The quantitative estimate of drug-likeness (QED) is 0.670. The fourth-order valence-corrected chi connectivity index (χ4v) is 4.20. The monoisotopic (exact) mass is 421 g/mol. The molecule has 5 heteroatoms. The van der Waals surface area contributed by atoms with E-state index in [1.807, 2.05) is 23.1 Å². The molecule has 0 bridgehead atoms. The topological polar surface area (TPSA) is 52.7 Å². The van der Waals surface area contributed by atoms with E-state index in [2.05, 4.69) is 60.5 Å². The largest absolute Gasteiger partial charge is 0.370 e. The number of aryl methyl sites for hydroxylation is 2. The molecule has 166 valence electrons. The van der Waals surface area contributed by atoms with Crippen LogP contribution < -0.4 is 10.2 Å². The first-order chi connectivity index (χ1) is 15.1. The number of amides is 2. The zero-order valence-corrected chi connectivity index (χ0v) is 18.8. The highest BCUT2D eigenvalue weighted by Crippen LogP contribution is 2.19. The lowest BCUT2D eigenvalue weighted by molar-refractivity contribution is -0.135. The number of rotatable bonds is 9. The number of likely N-dealkylation sites (N-methyl/N-ethyl adjacent to an activating group) is 1. The first-order valence-corrected chi connectivity index (χ1v) is 11.5. The molecule has 0 unspecified atom stereocenters. The molecule has 0 atom stereocenters. The van der Waals surface area contributed by atoms with Gasteiger partial charge in [-0.15, -0.1) is 0 Å². The average molecular weight is 422 g/mol. The van der Waals surface area contributed by atoms with Gasteiger partial charge in [0, 0.05) is 50.7 Å². The number of likely N-dealkylation sites (tertiary alicyclic amines) is 1. The summed E-state index contributed by atoms with van der Waals surface area (Å²) in [7, 11) is 0. The number of nitrogens with one attached hydrogen (secondary N) is 1. The average Bonchev–Trinajstić information content (AvgIpc) is 2.81. The minimum atomic E-state index is 0.00668. The molecule has 2 amide bonds. The van der Waals surface area contributed by atoms with Crippen LogP contribution in [0, 0.1) is 12.8 Å². The summed E-state index contributed by atoms with van der Waals surface area (Å²) in [5, 5.41) is 3.11. The maximum Gasteiger partial charge on any atom is 0.223 e. The fourth-order valence-electron chi connectivity index (χ4n) is 4.20. The third kappa shape index (κ3) is 6.84.